The number of carbonyl (C=O) groups is 2. The molecule has 6 heteroatoms. The molecule has 6 nitrogen and oxygen atoms in total. The Morgan fingerprint density at radius 3 is 2.16 bits per heavy atom. The quantitative estimate of drug-likeness (QED) is 0.564. The molecule has 0 aliphatic heterocycles. The second kappa shape index (κ2) is 9.72. The van der Waals surface area contributed by atoms with E-state index in [1.807, 2.05) is 39.0 Å². The van der Waals surface area contributed by atoms with Gasteiger partial charge in [-0.05, 0) is 100 Å². The van der Waals surface area contributed by atoms with Crippen molar-refractivity contribution in [3.05, 3.63) is 23.8 Å². The summed E-state index contributed by atoms with van der Waals surface area (Å²) in [5.41, 5.74) is 1.13. The lowest BCUT2D eigenvalue weighted by Crippen LogP contribution is -2.48. The van der Waals surface area contributed by atoms with Gasteiger partial charge in [-0.3, -0.25) is 9.59 Å². The minimum absolute atomic E-state index is 0.0187. The van der Waals surface area contributed by atoms with Gasteiger partial charge in [0.25, 0.3) is 0 Å². The zero-order chi connectivity index (χ0) is 22.7. The highest BCUT2D eigenvalue weighted by Gasteiger charge is 2.51. The summed E-state index contributed by atoms with van der Waals surface area (Å²) in [5, 5.41) is 5.86. The first-order valence-corrected chi connectivity index (χ1v) is 12.3. The molecule has 0 radical (unpaired) electrons. The van der Waals surface area contributed by atoms with Crippen LogP contribution < -0.4 is 20.1 Å². The van der Waals surface area contributed by atoms with Crippen molar-refractivity contribution in [3.63, 3.8) is 0 Å². The minimum Gasteiger partial charge on any atom is -0.490 e. The predicted molar refractivity (Wildman–Crippen MR) is 124 cm³/mol. The van der Waals surface area contributed by atoms with E-state index >= 15 is 0 Å². The molecular weight excluding hydrogens is 404 g/mol. The molecule has 4 aliphatic carbocycles. The van der Waals surface area contributed by atoms with Gasteiger partial charge < -0.3 is 20.1 Å². The number of ether oxygens (including phenoxy) is 2. The smallest absolute Gasteiger partial charge is 0.239 e. The second-order valence-electron chi connectivity index (χ2n) is 10.2. The van der Waals surface area contributed by atoms with Crippen LogP contribution in [0.2, 0.25) is 0 Å². The molecule has 4 bridgehead atoms. The van der Waals surface area contributed by atoms with Crippen molar-refractivity contribution in [3.8, 4) is 11.5 Å². The monoisotopic (exact) mass is 442 g/mol. The molecular formula is C26H38N2O4. The highest BCUT2D eigenvalue weighted by Crippen LogP contribution is 2.61. The summed E-state index contributed by atoms with van der Waals surface area (Å²) in [6.45, 7) is 6.92. The second-order valence-corrected chi connectivity index (χ2v) is 10.2. The molecule has 4 saturated carbocycles. The van der Waals surface area contributed by atoms with E-state index in [4.69, 9.17) is 9.47 Å². The molecule has 0 heterocycles. The maximum Gasteiger partial charge on any atom is 0.239 e. The number of nitrogens with one attached hydrogen (secondary N) is 2. The van der Waals surface area contributed by atoms with Gasteiger partial charge in [-0.15, -0.1) is 0 Å². The molecule has 176 valence electrons. The van der Waals surface area contributed by atoms with Gasteiger partial charge in [-0.25, -0.2) is 0 Å². The highest BCUT2D eigenvalue weighted by atomic mass is 16.5. The standard InChI is InChI=1S/C26H38N2O4/c1-4-31-22-7-6-21(11-23(22)32-5-2)17(3)28-25(30)16-27-24(29)15-26-12-18-8-19(13-26)10-20(9-18)14-26/h6-7,11,17-20H,4-5,8-10,12-16H2,1-3H3,(H,27,29)(H,28,30). The zero-order valence-electron chi connectivity index (χ0n) is 19.7. The lowest BCUT2D eigenvalue weighted by molar-refractivity contribution is -0.132. The van der Waals surface area contributed by atoms with Crippen molar-refractivity contribution < 1.29 is 19.1 Å². The van der Waals surface area contributed by atoms with Gasteiger partial charge in [0, 0.05) is 6.42 Å². The summed E-state index contributed by atoms with van der Waals surface area (Å²) in [4.78, 5) is 25.2. The van der Waals surface area contributed by atoms with Gasteiger partial charge in [0.1, 0.15) is 0 Å². The first-order chi connectivity index (χ1) is 15.4. The lowest BCUT2D eigenvalue weighted by atomic mass is 9.49. The van der Waals surface area contributed by atoms with Crippen LogP contribution in [0.3, 0.4) is 0 Å². The fourth-order valence-electron chi connectivity index (χ4n) is 6.80. The Morgan fingerprint density at radius 2 is 1.56 bits per heavy atom. The van der Waals surface area contributed by atoms with E-state index in [0.717, 1.165) is 23.3 Å². The summed E-state index contributed by atoms with van der Waals surface area (Å²) >= 11 is 0. The molecule has 0 saturated heterocycles. The van der Waals surface area contributed by atoms with Crippen molar-refractivity contribution in [2.45, 2.75) is 71.8 Å². The fourth-order valence-corrected chi connectivity index (χ4v) is 6.80. The molecule has 1 unspecified atom stereocenters. The molecule has 1 aromatic carbocycles. The molecule has 2 amide bonds. The number of carbonyl (C=O) groups excluding carboxylic acids is 2. The van der Waals surface area contributed by atoms with Crippen molar-refractivity contribution in [2.75, 3.05) is 19.8 Å². The summed E-state index contributed by atoms with van der Waals surface area (Å²) < 4.78 is 11.3. The van der Waals surface area contributed by atoms with E-state index < -0.39 is 0 Å². The van der Waals surface area contributed by atoms with E-state index in [-0.39, 0.29) is 29.8 Å². The topological polar surface area (TPSA) is 76.7 Å². The Hall–Kier alpha value is -2.24. The molecule has 5 rings (SSSR count). The van der Waals surface area contributed by atoms with E-state index in [2.05, 4.69) is 10.6 Å². The SMILES string of the molecule is CCOc1ccc(C(C)NC(=O)CNC(=O)CC23CC4CC(CC(C4)C2)C3)cc1OCC. The van der Waals surface area contributed by atoms with Crippen molar-refractivity contribution >= 4 is 11.8 Å². The van der Waals surface area contributed by atoms with Crippen molar-refractivity contribution in [2.24, 2.45) is 23.2 Å². The molecule has 1 atom stereocenters. The average molecular weight is 443 g/mol. The Morgan fingerprint density at radius 1 is 0.969 bits per heavy atom. The number of hydrogen-bond acceptors (Lipinski definition) is 4. The molecule has 32 heavy (non-hydrogen) atoms. The van der Waals surface area contributed by atoms with Gasteiger partial charge >= 0.3 is 0 Å². The van der Waals surface area contributed by atoms with Crippen LogP contribution in [0.25, 0.3) is 0 Å². The Labute approximate surface area is 191 Å². The van der Waals surface area contributed by atoms with Crippen LogP contribution in [-0.2, 0) is 9.59 Å². The van der Waals surface area contributed by atoms with Gasteiger partial charge in [-0.1, -0.05) is 6.07 Å². The van der Waals surface area contributed by atoms with Crippen LogP contribution in [0.1, 0.15) is 77.3 Å². The number of rotatable bonds is 10. The Kier molecular flexibility index (Phi) is 6.96. The van der Waals surface area contributed by atoms with Crippen LogP contribution in [0.4, 0.5) is 0 Å². The molecule has 0 spiro atoms. The van der Waals surface area contributed by atoms with Crippen LogP contribution >= 0.6 is 0 Å². The molecule has 2 N–H and O–H groups in total. The highest BCUT2D eigenvalue weighted by molar-refractivity contribution is 5.85. The number of hydrogen-bond donors (Lipinski definition) is 2. The van der Waals surface area contributed by atoms with Gasteiger partial charge in [0.05, 0.1) is 25.8 Å². The summed E-state index contributed by atoms with van der Waals surface area (Å²) in [6.07, 6.45) is 8.31. The van der Waals surface area contributed by atoms with Gasteiger partial charge in [-0.2, -0.15) is 0 Å². The predicted octanol–water partition coefficient (Wildman–Crippen LogP) is 4.38. The number of amides is 2. The van der Waals surface area contributed by atoms with E-state index in [9.17, 15) is 9.59 Å². The van der Waals surface area contributed by atoms with Crippen LogP contribution in [0.15, 0.2) is 18.2 Å². The van der Waals surface area contributed by atoms with E-state index in [1.54, 1.807) is 0 Å². The summed E-state index contributed by atoms with van der Waals surface area (Å²) in [7, 11) is 0. The first-order valence-electron chi connectivity index (χ1n) is 12.3. The molecule has 1 aromatic rings. The molecule has 4 fully saturated rings. The fraction of sp³-hybridized carbons (Fsp3) is 0.692. The third-order valence-electron chi connectivity index (χ3n) is 7.59. The van der Waals surface area contributed by atoms with Crippen LogP contribution in [-0.4, -0.2) is 31.6 Å². The van der Waals surface area contributed by atoms with E-state index in [0.29, 0.717) is 31.1 Å². The zero-order valence-corrected chi connectivity index (χ0v) is 19.7. The van der Waals surface area contributed by atoms with Crippen LogP contribution in [0, 0.1) is 23.2 Å². The normalized spacial score (nSPS) is 28.8. The maximum absolute atomic E-state index is 12.7. The first kappa shape index (κ1) is 22.9. The summed E-state index contributed by atoms with van der Waals surface area (Å²) in [5.74, 6) is 3.71. The van der Waals surface area contributed by atoms with Gasteiger partial charge in [0.2, 0.25) is 11.8 Å². The average Bonchev–Trinajstić information content (AvgIpc) is 2.72. The van der Waals surface area contributed by atoms with E-state index in [1.165, 1.54) is 38.5 Å². The Balaban J connectivity index is 1.26. The molecule has 0 aromatic heterocycles. The third-order valence-corrected chi connectivity index (χ3v) is 7.59. The Bertz CT molecular complexity index is 802. The largest absolute Gasteiger partial charge is 0.490 e. The lowest BCUT2D eigenvalue weighted by Gasteiger charge is -2.56. The minimum atomic E-state index is -0.197. The third kappa shape index (κ3) is 5.21. The maximum atomic E-state index is 12.7. The molecule has 4 aliphatic rings. The van der Waals surface area contributed by atoms with Crippen molar-refractivity contribution in [1.82, 2.24) is 10.6 Å². The number of benzene rings is 1. The van der Waals surface area contributed by atoms with Crippen molar-refractivity contribution in [1.29, 1.82) is 0 Å². The van der Waals surface area contributed by atoms with Gasteiger partial charge in [0.15, 0.2) is 11.5 Å². The summed E-state index contributed by atoms with van der Waals surface area (Å²) in [6, 6.07) is 5.52. The van der Waals surface area contributed by atoms with Crippen LogP contribution in [0.5, 0.6) is 11.5 Å².